The van der Waals surface area contributed by atoms with E-state index in [1.165, 1.54) is 4.31 Å². The monoisotopic (exact) mass is 613 g/mol. The Kier molecular flexibility index (Phi) is 9.33. The molecule has 1 atom stereocenters. The summed E-state index contributed by atoms with van der Waals surface area (Å²) < 4.78 is 36.0. The minimum atomic E-state index is -3.69. The Morgan fingerprint density at radius 3 is 2.51 bits per heavy atom. The molecular formula is C30H33Cl2N5O3S. The zero-order chi connectivity index (χ0) is 29.0. The number of H-pyrrole nitrogens is 1. The molecule has 1 aromatic heterocycles. The number of benzene rings is 3. The van der Waals surface area contributed by atoms with E-state index < -0.39 is 10.2 Å². The van der Waals surface area contributed by atoms with E-state index in [9.17, 15) is 8.42 Å². The first-order chi connectivity index (χ1) is 19.7. The van der Waals surface area contributed by atoms with Gasteiger partial charge in [-0.05, 0) is 48.4 Å². The number of nitrogens with one attached hydrogen (secondary N) is 2. The summed E-state index contributed by atoms with van der Waals surface area (Å²) in [7, 11) is -0.420. The second kappa shape index (κ2) is 12.9. The third kappa shape index (κ3) is 7.12. The quantitative estimate of drug-likeness (QED) is 0.228. The lowest BCUT2D eigenvalue weighted by Gasteiger charge is -2.24. The number of nitrogens with zero attached hydrogens (tertiary/aromatic N) is 3. The number of aromatic amines is 1. The molecule has 5 rings (SSSR count). The Bertz CT molecular complexity index is 1580. The van der Waals surface area contributed by atoms with E-state index in [1.54, 1.807) is 20.2 Å². The van der Waals surface area contributed by atoms with Crippen molar-refractivity contribution in [2.24, 2.45) is 0 Å². The summed E-state index contributed by atoms with van der Waals surface area (Å²) in [5, 5.41) is 1.04. The maximum Gasteiger partial charge on any atom is 0.279 e. The van der Waals surface area contributed by atoms with Crippen LogP contribution in [0.1, 0.15) is 17.7 Å². The van der Waals surface area contributed by atoms with Gasteiger partial charge in [-0.25, -0.2) is 9.71 Å². The number of likely N-dealkylation sites (tertiary alicyclic amines) is 1. The SMILES string of the molecule is COc1ccc(-c2[nH]c(-c3ccccc3)nc2CCNS(=O)(=O)N(C)[C@@H]2CCN(Cc3ccc(Cl)c(Cl)c3)C2)cc1. The van der Waals surface area contributed by atoms with Gasteiger partial charge in [0.2, 0.25) is 0 Å². The van der Waals surface area contributed by atoms with E-state index >= 15 is 0 Å². The normalized spacial score (nSPS) is 16.0. The summed E-state index contributed by atoms with van der Waals surface area (Å²) in [6.45, 7) is 2.34. The minimum absolute atomic E-state index is 0.125. The number of imidazole rings is 1. The van der Waals surface area contributed by atoms with Gasteiger partial charge >= 0.3 is 0 Å². The Morgan fingerprint density at radius 2 is 1.80 bits per heavy atom. The van der Waals surface area contributed by atoms with Crippen LogP contribution in [0, 0.1) is 0 Å². The fourth-order valence-electron chi connectivity index (χ4n) is 5.06. The Labute approximate surface area is 251 Å². The van der Waals surface area contributed by atoms with Gasteiger partial charge in [0.25, 0.3) is 10.2 Å². The van der Waals surface area contributed by atoms with Gasteiger partial charge in [0.05, 0.1) is 28.5 Å². The van der Waals surface area contributed by atoms with Crippen LogP contribution in [0.25, 0.3) is 22.6 Å². The van der Waals surface area contributed by atoms with Gasteiger partial charge < -0.3 is 9.72 Å². The predicted molar refractivity (Wildman–Crippen MR) is 165 cm³/mol. The lowest BCUT2D eigenvalue weighted by Crippen LogP contribution is -2.45. The molecule has 41 heavy (non-hydrogen) atoms. The molecule has 0 aliphatic carbocycles. The average molecular weight is 615 g/mol. The number of ether oxygens (including phenoxy) is 1. The minimum Gasteiger partial charge on any atom is -0.497 e. The first-order valence-electron chi connectivity index (χ1n) is 13.4. The summed E-state index contributed by atoms with van der Waals surface area (Å²) in [5.74, 6) is 1.50. The predicted octanol–water partition coefficient (Wildman–Crippen LogP) is 5.64. The summed E-state index contributed by atoms with van der Waals surface area (Å²) >= 11 is 12.2. The van der Waals surface area contributed by atoms with Crippen molar-refractivity contribution in [1.29, 1.82) is 0 Å². The fourth-order valence-corrected chi connectivity index (χ4v) is 6.51. The highest BCUT2D eigenvalue weighted by atomic mass is 35.5. The summed E-state index contributed by atoms with van der Waals surface area (Å²) in [4.78, 5) is 10.5. The van der Waals surface area contributed by atoms with Gasteiger partial charge in [0.1, 0.15) is 11.6 Å². The third-order valence-electron chi connectivity index (χ3n) is 7.38. The van der Waals surface area contributed by atoms with E-state index in [1.807, 2.05) is 66.7 Å². The van der Waals surface area contributed by atoms with Crippen molar-refractivity contribution < 1.29 is 13.2 Å². The smallest absolute Gasteiger partial charge is 0.279 e. The first-order valence-corrected chi connectivity index (χ1v) is 15.6. The van der Waals surface area contributed by atoms with E-state index in [2.05, 4.69) is 14.6 Å². The van der Waals surface area contributed by atoms with Crippen LogP contribution in [0.3, 0.4) is 0 Å². The Morgan fingerprint density at radius 1 is 1.05 bits per heavy atom. The third-order valence-corrected chi connectivity index (χ3v) is 9.75. The van der Waals surface area contributed by atoms with Crippen molar-refractivity contribution in [2.45, 2.75) is 25.4 Å². The van der Waals surface area contributed by atoms with Crippen molar-refractivity contribution in [1.82, 2.24) is 23.9 Å². The van der Waals surface area contributed by atoms with Gasteiger partial charge in [-0.2, -0.15) is 12.7 Å². The van der Waals surface area contributed by atoms with Crippen molar-refractivity contribution in [3.63, 3.8) is 0 Å². The maximum absolute atomic E-state index is 13.2. The van der Waals surface area contributed by atoms with E-state index in [4.69, 9.17) is 32.9 Å². The number of hydrogen-bond acceptors (Lipinski definition) is 5. The molecule has 2 N–H and O–H groups in total. The van der Waals surface area contributed by atoms with Gasteiger partial charge in [0, 0.05) is 56.8 Å². The van der Waals surface area contributed by atoms with Crippen LogP contribution in [0.5, 0.6) is 5.75 Å². The molecule has 0 bridgehead atoms. The van der Waals surface area contributed by atoms with Gasteiger partial charge in [-0.3, -0.25) is 4.90 Å². The highest BCUT2D eigenvalue weighted by Crippen LogP contribution is 2.28. The second-order valence-corrected chi connectivity index (χ2v) is 12.7. The first kappa shape index (κ1) is 29.6. The van der Waals surface area contributed by atoms with E-state index in [0.29, 0.717) is 29.6 Å². The molecule has 1 aliphatic heterocycles. The fraction of sp³-hybridized carbons (Fsp3) is 0.300. The molecule has 216 valence electrons. The Balaban J connectivity index is 1.23. The van der Waals surface area contributed by atoms with Gasteiger partial charge in [-0.15, -0.1) is 0 Å². The number of halogens is 2. The van der Waals surface area contributed by atoms with Crippen molar-refractivity contribution >= 4 is 33.4 Å². The van der Waals surface area contributed by atoms with Crippen LogP contribution < -0.4 is 9.46 Å². The molecule has 1 aliphatic rings. The molecular weight excluding hydrogens is 581 g/mol. The number of methoxy groups -OCH3 is 1. The van der Waals surface area contributed by atoms with Crippen molar-refractivity contribution in [2.75, 3.05) is 33.8 Å². The number of rotatable bonds is 11. The summed E-state index contributed by atoms with van der Waals surface area (Å²) in [5.41, 5.74) is 4.59. The standard InChI is InChI=1S/C30H33Cl2N5O3S/c1-36(24-15-17-37(20-24)19-21-8-13-26(31)27(32)18-21)41(38,39)33-16-14-28-29(22-9-11-25(40-2)12-10-22)35-30(34-28)23-6-4-3-5-7-23/h3-13,18,24,33H,14-17,19-20H2,1-2H3,(H,34,35)/t24-/m1/s1. The highest BCUT2D eigenvalue weighted by molar-refractivity contribution is 7.87. The summed E-state index contributed by atoms with van der Waals surface area (Å²) in [6.07, 6.45) is 1.17. The molecule has 0 amide bonds. The molecule has 4 aromatic rings. The average Bonchev–Trinajstić information content (AvgIpc) is 3.62. The Hall–Kier alpha value is -2.92. The maximum atomic E-state index is 13.2. The molecule has 3 aromatic carbocycles. The molecule has 2 heterocycles. The van der Waals surface area contributed by atoms with Crippen LogP contribution >= 0.6 is 23.2 Å². The molecule has 11 heteroatoms. The zero-order valence-corrected chi connectivity index (χ0v) is 25.3. The van der Waals surface area contributed by atoms with Crippen LogP contribution in [0.2, 0.25) is 10.0 Å². The highest BCUT2D eigenvalue weighted by Gasteiger charge is 2.32. The molecule has 8 nitrogen and oxygen atoms in total. The van der Waals surface area contributed by atoms with E-state index in [0.717, 1.165) is 52.6 Å². The molecule has 0 unspecified atom stereocenters. The van der Waals surface area contributed by atoms with E-state index in [-0.39, 0.29) is 12.6 Å². The summed E-state index contributed by atoms with van der Waals surface area (Å²) in [6, 6.07) is 23.0. The molecule has 0 radical (unpaired) electrons. The topological polar surface area (TPSA) is 90.6 Å². The largest absolute Gasteiger partial charge is 0.497 e. The second-order valence-electron chi connectivity index (χ2n) is 10.1. The number of aromatic nitrogens is 2. The number of hydrogen-bond donors (Lipinski definition) is 2. The van der Waals surface area contributed by atoms with Gasteiger partial charge in [0.15, 0.2) is 0 Å². The zero-order valence-electron chi connectivity index (χ0n) is 23.0. The van der Waals surface area contributed by atoms with Crippen LogP contribution in [-0.4, -0.2) is 67.4 Å². The van der Waals surface area contributed by atoms with Crippen LogP contribution in [-0.2, 0) is 23.2 Å². The van der Waals surface area contributed by atoms with Crippen LogP contribution in [0.4, 0.5) is 0 Å². The van der Waals surface area contributed by atoms with Gasteiger partial charge in [-0.1, -0.05) is 59.6 Å². The lowest BCUT2D eigenvalue weighted by molar-refractivity contribution is 0.297. The lowest BCUT2D eigenvalue weighted by atomic mass is 10.1. The van der Waals surface area contributed by atoms with Crippen molar-refractivity contribution in [3.8, 4) is 28.4 Å². The molecule has 1 saturated heterocycles. The number of likely N-dealkylation sites (N-methyl/N-ethyl adjacent to an activating group) is 1. The van der Waals surface area contributed by atoms with Crippen LogP contribution in [0.15, 0.2) is 72.8 Å². The van der Waals surface area contributed by atoms with Crippen molar-refractivity contribution in [3.05, 3.63) is 94.1 Å². The molecule has 1 fully saturated rings. The molecule has 0 saturated carbocycles. The molecule has 0 spiro atoms.